The third kappa shape index (κ3) is 1.72. The molecule has 0 bridgehead atoms. The number of hydrogen-bond acceptors (Lipinski definition) is 2. The number of nitrogens with zero attached hydrogens (tertiary/aromatic N) is 1. The first kappa shape index (κ1) is 8.94. The molecular formula is C8H11NO. The van der Waals surface area contributed by atoms with Gasteiger partial charge < -0.3 is 0 Å². The Hall–Kier alpha value is -1.06. The highest BCUT2D eigenvalue weighted by atomic mass is 16.1. The van der Waals surface area contributed by atoms with Crippen LogP contribution in [0.5, 0.6) is 0 Å². The fourth-order valence-corrected chi connectivity index (χ4v) is 0.489. The van der Waals surface area contributed by atoms with E-state index in [9.17, 15) is 4.79 Å². The Labute approximate surface area is 61.2 Å². The second kappa shape index (κ2) is 3.20. The van der Waals surface area contributed by atoms with E-state index in [1.807, 2.05) is 26.8 Å². The number of hydrogen-bond donors (Lipinski definition) is 0. The van der Waals surface area contributed by atoms with Gasteiger partial charge in [0.25, 0.3) is 0 Å². The Balaban J connectivity index is 4.65. The second-order valence-corrected chi connectivity index (χ2v) is 2.83. The van der Waals surface area contributed by atoms with Gasteiger partial charge in [-0.15, -0.1) is 0 Å². The smallest absolute Gasteiger partial charge is 0.139 e. The minimum atomic E-state index is -0.309. The van der Waals surface area contributed by atoms with Gasteiger partial charge in [-0.2, -0.15) is 5.26 Å². The van der Waals surface area contributed by atoms with Gasteiger partial charge in [0.15, 0.2) is 0 Å². The zero-order valence-electron chi connectivity index (χ0n) is 6.56. The summed E-state index contributed by atoms with van der Waals surface area (Å²) in [6.07, 6.45) is 0.783. The average Bonchev–Trinajstić information content (AvgIpc) is 1.90. The first-order valence-corrected chi connectivity index (χ1v) is 3.24. The highest BCUT2D eigenvalue weighted by molar-refractivity contribution is 5.60. The molecule has 0 radical (unpaired) electrons. The summed E-state index contributed by atoms with van der Waals surface area (Å²) in [7, 11) is 0. The molecule has 54 valence electrons. The van der Waals surface area contributed by atoms with E-state index in [2.05, 4.69) is 0 Å². The number of carbonyl (C=O) groups excluding carboxylic acids is 1. The van der Waals surface area contributed by atoms with Crippen molar-refractivity contribution in [2.75, 3.05) is 0 Å². The first-order chi connectivity index (χ1) is 4.58. The van der Waals surface area contributed by atoms with Crippen LogP contribution >= 0.6 is 0 Å². The molecule has 0 saturated heterocycles. The van der Waals surface area contributed by atoms with Crippen LogP contribution in [0.3, 0.4) is 0 Å². The van der Waals surface area contributed by atoms with Crippen molar-refractivity contribution in [3.63, 3.8) is 0 Å². The Bertz CT molecular complexity index is 204. The second-order valence-electron chi connectivity index (χ2n) is 2.83. The molecule has 0 atom stereocenters. The SMILES string of the molecule is CCC(C)(C)C(=C=O)C#N. The minimum Gasteiger partial charge on any atom is -0.232 e. The lowest BCUT2D eigenvalue weighted by molar-refractivity contribution is 0.441. The molecule has 0 saturated carbocycles. The van der Waals surface area contributed by atoms with E-state index in [1.165, 1.54) is 0 Å². The Morgan fingerprint density at radius 2 is 2.10 bits per heavy atom. The van der Waals surface area contributed by atoms with Crippen molar-refractivity contribution < 1.29 is 4.79 Å². The molecule has 0 heterocycles. The van der Waals surface area contributed by atoms with Gasteiger partial charge in [0, 0.05) is 5.41 Å². The van der Waals surface area contributed by atoms with Gasteiger partial charge in [-0.05, 0) is 6.42 Å². The van der Waals surface area contributed by atoms with E-state index in [-0.39, 0.29) is 11.0 Å². The molecule has 0 aliphatic rings. The van der Waals surface area contributed by atoms with E-state index >= 15 is 0 Å². The quantitative estimate of drug-likeness (QED) is 0.429. The molecule has 0 N–H and O–H groups in total. The lowest BCUT2D eigenvalue weighted by atomic mass is 9.83. The molecule has 0 amide bonds. The largest absolute Gasteiger partial charge is 0.232 e. The van der Waals surface area contributed by atoms with E-state index in [0.29, 0.717) is 0 Å². The average molecular weight is 137 g/mol. The predicted molar refractivity (Wildman–Crippen MR) is 38.9 cm³/mol. The standard InChI is InChI=1S/C8H11NO/c1-4-8(2,3)7(5-9)6-10/h4H2,1-3H3. The monoisotopic (exact) mass is 137 g/mol. The molecule has 10 heavy (non-hydrogen) atoms. The van der Waals surface area contributed by atoms with Gasteiger partial charge in [-0.3, -0.25) is 0 Å². The van der Waals surface area contributed by atoms with Crippen molar-refractivity contribution in [1.82, 2.24) is 0 Å². The van der Waals surface area contributed by atoms with Crippen molar-refractivity contribution >= 4 is 5.94 Å². The summed E-state index contributed by atoms with van der Waals surface area (Å²) in [5, 5.41) is 8.44. The van der Waals surface area contributed by atoms with E-state index < -0.39 is 0 Å². The zero-order valence-corrected chi connectivity index (χ0v) is 6.56. The molecule has 0 aromatic carbocycles. The molecule has 0 spiro atoms. The fourth-order valence-electron chi connectivity index (χ4n) is 0.489. The molecular weight excluding hydrogens is 126 g/mol. The Kier molecular flexibility index (Phi) is 2.86. The van der Waals surface area contributed by atoms with Gasteiger partial charge in [-0.1, -0.05) is 20.8 Å². The number of allylic oxidation sites excluding steroid dienone is 1. The molecule has 0 aliphatic heterocycles. The number of rotatable bonds is 2. The molecule has 2 heteroatoms. The van der Waals surface area contributed by atoms with Crippen LogP contribution in [0.4, 0.5) is 0 Å². The van der Waals surface area contributed by atoms with Crippen molar-refractivity contribution in [3.05, 3.63) is 5.57 Å². The highest BCUT2D eigenvalue weighted by Crippen LogP contribution is 2.26. The zero-order chi connectivity index (χ0) is 8.20. The maximum atomic E-state index is 10.2. The van der Waals surface area contributed by atoms with Crippen LogP contribution in [0.15, 0.2) is 5.57 Å². The molecule has 0 fully saturated rings. The Morgan fingerprint density at radius 1 is 1.60 bits per heavy atom. The van der Waals surface area contributed by atoms with Crippen molar-refractivity contribution in [2.45, 2.75) is 27.2 Å². The first-order valence-electron chi connectivity index (χ1n) is 3.24. The van der Waals surface area contributed by atoms with Crippen LogP contribution in [0.2, 0.25) is 0 Å². The predicted octanol–water partition coefficient (Wildman–Crippen LogP) is 1.70. The summed E-state index contributed by atoms with van der Waals surface area (Å²) in [5.74, 6) is 1.65. The van der Waals surface area contributed by atoms with Gasteiger partial charge in [0.2, 0.25) is 0 Å². The number of nitriles is 1. The van der Waals surface area contributed by atoms with Crippen LogP contribution in [0.1, 0.15) is 27.2 Å². The van der Waals surface area contributed by atoms with Crippen LogP contribution in [0, 0.1) is 16.7 Å². The van der Waals surface area contributed by atoms with Gasteiger partial charge in [-0.25, -0.2) is 4.79 Å². The van der Waals surface area contributed by atoms with Crippen molar-refractivity contribution in [2.24, 2.45) is 5.41 Å². The normalized spacial score (nSPS) is 9.80. The Morgan fingerprint density at radius 3 is 2.20 bits per heavy atom. The molecule has 0 aromatic heterocycles. The van der Waals surface area contributed by atoms with E-state index in [4.69, 9.17) is 5.26 Å². The summed E-state index contributed by atoms with van der Waals surface area (Å²) in [6.45, 7) is 5.65. The summed E-state index contributed by atoms with van der Waals surface area (Å²) < 4.78 is 0. The summed E-state index contributed by atoms with van der Waals surface area (Å²) >= 11 is 0. The van der Waals surface area contributed by atoms with Gasteiger partial charge >= 0.3 is 0 Å². The van der Waals surface area contributed by atoms with Crippen molar-refractivity contribution in [3.8, 4) is 6.07 Å². The highest BCUT2D eigenvalue weighted by Gasteiger charge is 2.21. The molecule has 0 unspecified atom stereocenters. The molecule has 0 aromatic rings. The van der Waals surface area contributed by atoms with Gasteiger partial charge in [0.1, 0.15) is 17.6 Å². The molecule has 0 aliphatic carbocycles. The minimum absolute atomic E-state index is 0.204. The maximum Gasteiger partial charge on any atom is 0.139 e. The van der Waals surface area contributed by atoms with Crippen LogP contribution < -0.4 is 0 Å². The molecule has 2 nitrogen and oxygen atoms in total. The van der Waals surface area contributed by atoms with E-state index in [1.54, 1.807) is 5.94 Å². The third-order valence-corrected chi connectivity index (χ3v) is 1.77. The van der Waals surface area contributed by atoms with E-state index in [0.717, 1.165) is 6.42 Å². The molecule has 0 rings (SSSR count). The maximum absolute atomic E-state index is 10.2. The fraction of sp³-hybridized carbons (Fsp3) is 0.625. The summed E-state index contributed by atoms with van der Waals surface area (Å²) in [6, 6.07) is 1.84. The summed E-state index contributed by atoms with van der Waals surface area (Å²) in [4.78, 5) is 10.2. The third-order valence-electron chi connectivity index (χ3n) is 1.77. The van der Waals surface area contributed by atoms with Gasteiger partial charge in [0.05, 0.1) is 0 Å². The summed E-state index contributed by atoms with van der Waals surface area (Å²) in [5.41, 5.74) is -0.105. The van der Waals surface area contributed by atoms with Crippen LogP contribution in [0.25, 0.3) is 0 Å². The van der Waals surface area contributed by atoms with Crippen molar-refractivity contribution in [1.29, 1.82) is 5.26 Å². The lowest BCUT2D eigenvalue weighted by Gasteiger charge is -2.17. The van der Waals surface area contributed by atoms with Crippen LogP contribution in [-0.4, -0.2) is 5.94 Å². The van der Waals surface area contributed by atoms with Crippen LogP contribution in [-0.2, 0) is 4.79 Å². The topological polar surface area (TPSA) is 40.9 Å². The lowest BCUT2D eigenvalue weighted by Crippen LogP contribution is -2.12.